The molecule has 3 aromatic rings. The molecule has 0 fully saturated rings. The molecular weight excluding hydrogens is 364 g/mol. The average molecular weight is 383 g/mol. The Kier molecular flexibility index (Phi) is 5.52. The van der Waals surface area contributed by atoms with Gasteiger partial charge in [-0.3, -0.25) is 0 Å². The van der Waals surface area contributed by atoms with Gasteiger partial charge in [0.05, 0.1) is 22.6 Å². The van der Waals surface area contributed by atoms with Crippen LogP contribution in [-0.4, -0.2) is 8.42 Å². The van der Waals surface area contributed by atoms with Crippen molar-refractivity contribution in [2.75, 3.05) is 0 Å². The van der Waals surface area contributed by atoms with Crippen LogP contribution in [0.25, 0.3) is 0 Å². The Morgan fingerprint density at radius 2 is 1.88 bits per heavy atom. The van der Waals surface area contributed by atoms with Gasteiger partial charge in [-0.25, -0.2) is 8.42 Å². The van der Waals surface area contributed by atoms with Crippen LogP contribution in [0.5, 0.6) is 0 Å². The molecule has 0 radical (unpaired) electrons. The molecule has 0 aliphatic heterocycles. The molecule has 0 saturated heterocycles. The maximum Gasteiger partial charge on any atom is 0.241 e. The SMILES string of the molecule is CCc1ccc([C@H](NS(=O)(=O)c2cccc(C#N)c2)c2cccs2)cc1. The van der Waals surface area contributed by atoms with E-state index in [0.29, 0.717) is 5.56 Å². The van der Waals surface area contributed by atoms with Crippen molar-refractivity contribution in [3.8, 4) is 6.07 Å². The fraction of sp³-hybridized carbons (Fsp3) is 0.150. The number of hydrogen-bond acceptors (Lipinski definition) is 4. The number of hydrogen-bond donors (Lipinski definition) is 1. The number of nitriles is 1. The van der Waals surface area contributed by atoms with Crippen molar-refractivity contribution in [2.45, 2.75) is 24.3 Å². The molecule has 1 heterocycles. The van der Waals surface area contributed by atoms with Crippen molar-refractivity contribution < 1.29 is 8.42 Å². The molecule has 1 aromatic heterocycles. The van der Waals surface area contributed by atoms with Crippen molar-refractivity contribution in [1.82, 2.24) is 4.72 Å². The zero-order valence-electron chi connectivity index (χ0n) is 14.2. The summed E-state index contributed by atoms with van der Waals surface area (Å²) in [6.07, 6.45) is 0.927. The molecule has 0 aliphatic carbocycles. The number of benzene rings is 2. The van der Waals surface area contributed by atoms with E-state index in [0.717, 1.165) is 16.9 Å². The number of sulfonamides is 1. The molecule has 1 N–H and O–H groups in total. The number of rotatable bonds is 6. The Morgan fingerprint density at radius 1 is 1.12 bits per heavy atom. The predicted molar refractivity (Wildman–Crippen MR) is 103 cm³/mol. The summed E-state index contributed by atoms with van der Waals surface area (Å²) in [5.74, 6) is 0. The lowest BCUT2D eigenvalue weighted by Gasteiger charge is -2.19. The van der Waals surface area contributed by atoms with E-state index >= 15 is 0 Å². The van der Waals surface area contributed by atoms with Crippen LogP contribution < -0.4 is 4.72 Å². The Balaban J connectivity index is 1.98. The zero-order chi connectivity index (χ0) is 18.6. The molecular formula is C20H18N2O2S2. The van der Waals surface area contributed by atoms with Gasteiger partial charge in [0.2, 0.25) is 10.0 Å². The number of nitrogens with zero attached hydrogens (tertiary/aromatic N) is 1. The largest absolute Gasteiger partial charge is 0.241 e. The second kappa shape index (κ2) is 7.83. The molecule has 132 valence electrons. The van der Waals surface area contributed by atoms with Crippen LogP contribution in [0.15, 0.2) is 70.9 Å². The van der Waals surface area contributed by atoms with E-state index in [9.17, 15) is 8.42 Å². The first kappa shape index (κ1) is 18.3. The van der Waals surface area contributed by atoms with Gasteiger partial charge >= 0.3 is 0 Å². The van der Waals surface area contributed by atoms with Crippen LogP contribution in [0.1, 0.15) is 34.5 Å². The number of aryl methyl sites for hydroxylation is 1. The Morgan fingerprint density at radius 3 is 2.50 bits per heavy atom. The van der Waals surface area contributed by atoms with Crippen molar-refractivity contribution in [1.29, 1.82) is 5.26 Å². The van der Waals surface area contributed by atoms with Gasteiger partial charge < -0.3 is 0 Å². The van der Waals surface area contributed by atoms with Gasteiger partial charge in [0, 0.05) is 4.88 Å². The minimum absolute atomic E-state index is 0.0864. The van der Waals surface area contributed by atoms with Crippen LogP contribution in [0.2, 0.25) is 0 Å². The first-order valence-electron chi connectivity index (χ1n) is 8.18. The molecule has 1 atom stereocenters. The van der Waals surface area contributed by atoms with Crippen molar-refractivity contribution in [3.63, 3.8) is 0 Å². The summed E-state index contributed by atoms with van der Waals surface area (Å²) < 4.78 is 28.6. The van der Waals surface area contributed by atoms with E-state index in [1.807, 2.05) is 47.8 Å². The topological polar surface area (TPSA) is 70.0 Å². The minimum Gasteiger partial charge on any atom is -0.207 e. The van der Waals surface area contributed by atoms with E-state index in [1.165, 1.54) is 29.0 Å². The van der Waals surface area contributed by atoms with Crippen molar-refractivity contribution in [3.05, 3.63) is 87.6 Å². The van der Waals surface area contributed by atoms with Crippen molar-refractivity contribution >= 4 is 21.4 Å². The van der Waals surface area contributed by atoms with Crippen molar-refractivity contribution in [2.24, 2.45) is 0 Å². The number of nitrogens with one attached hydrogen (secondary N) is 1. The molecule has 6 heteroatoms. The lowest BCUT2D eigenvalue weighted by molar-refractivity contribution is 0.573. The maximum atomic E-state index is 12.9. The van der Waals surface area contributed by atoms with E-state index in [4.69, 9.17) is 5.26 Å². The summed E-state index contributed by atoms with van der Waals surface area (Å²) in [6.45, 7) is 2.08. The fourth-order valence-corrected chi connectivity index (χ4v) is 4.77. The lowest BCUT2D eigenvalue weighted by atomic mass is 10.0. The highest BCUT2D eigenvalue weighted by atomic mass is 32.2. The molecule has 0 bridgehead atoms. The fourth-order valence-electron chi connectivity index (χ4n) is 2.65. The molecule has 26 heavy (non-hydrogen) atoms. The van der Waals surface area contributed by atoms with Gasteiger partial charge in [0.15, 0.2) is 0 Å². The summed E-state index contributed by atoms with van der Waals surface area (Å²) in [7, 11) is -3.78. The molecule has 4 nitrogen and oxygen atoms in total. The van der Waals surface area contributed by atoms with Gasteiger partial charge in [0.25, 0.3) is 0 Å². The smallest absolute Gasteiger partial charge is 0.207 e. The highest BCUT2D eigenvalue weighted by Crippen LogP contribution is 2.28. The number of thiophene rings is 1. The van der Waals surface area contributed by atoms with Crippen LogP contribution in [0.4, 0.5) is 0 Å². The van der Waals surface area contributed by atoms with E-state index in [1.54, 1.807) is 12.1 Å². The summed E-state index contributed by atoms with van der Waals surface area (Å²) in [4.78, 5) is 0.998. The maximum absolute atomic E-state index is 12.9. The van der Waals surface area contributed by atoms with Gasteiger partial charge in [-0.15, -0.1) is 11.3 Å². The highest BCUT2D eigenvalue weighted by Gasteiger charge is 2.24. The van der Waals surface area contributed by atoms with Gasteiger partial charge in [-0.1, -0.05) is 43.3 Å². The van der Waals surface area contributed by atoms with Crippen LogP contribution >= 0.6 is 11.3 Å². The average Bonchev–Trinajstić information content (AvgIpc) is 3.21. The van der Waals surface area contributed by atoms with Crippen LogP contribution in [0, 0.1) is 11.3 Å². The van der Waals surface area contributed by atoms with Gasteiger partial charge in [-0.2, -0.15) is 9.98 Å². The highest BCUT2D eigenvalue weighted by molar-refractivity contribution is 7.89. The Labute approximate surface area is 157 Å². The lowest BCUT2D eigenvalue weighted by Crippen LogP contribution is -2.29. The second-order valence-electron chi connectivity index (χ2n) is 5.80. The summed E-state index contributed by atoms with van der Waals surface area (Å²) in [6, 6.07) is 19.3. The zero-order valence-corrected chi connectivity index (χ0v) is 15.8. The Bertz CT molecular complexity index is 1020. The summed E-state index contributed by atoms with van der Waals surface area (Å²) in [5.41, 5.74) is 2.39. The molecule has 3 rings (SSSR count). The van der Waals surface area contributed by atoms with Crippen LogP contribution in [0.3, 0.4) is 0 Å². The third-order valence-electron chi connectivity index (χ3n) is 4.10. The molecule has 0 spiro atoms. The third kappa shape index (κ3) is 4.02. The quantitative estimate of drug-likeness (QED) is 0.693. The molecule has 0 saturated carbocycles. The summed E-state index contributed by atoms with van der Waals surface area (Å²) in [5, 5.41) is 10.9. The first-order valence-corrected chi connectivity index (χ1v) is 10.5. The van der Waals surface area contributed by atoms with Crippen LogP contribution in [-0.2, 0) is 16.4 Å². The van der Waals surface area contributed by atoms with Gasteiger partial charge in [-0.05, 0) is 47.2 Å². The van der Waals surface area contributed by atoms with E-state index < -0.39 is 16.1 Å². The first-order chi connectivity index (χ1) is 12.5. The van der Waals surface area contributed by atoms with E-state index in [-0.39, 0.29) is 4.90 Å². The molecule has 0 aliphatic rings. The predicted octanol–water partition coefficient (Wildman–Crippen LogP) is 4.25. The molecule has 0 amide bonds. The van der Waals surface area contributed by atoms with Gasteiger partial charge in [0.1, 0.15) is 0 Å². The Hall–Kier alpha value is -2.46. The standard InChI is InChI=1S/C20H18N2O2S2/c1-2-15-8-10-17(11-9-15)20(19-7-4-12-25-19)22-26(23,24)18-6-3-5-16(13-18)14-21/h3-13,20,22H,2H2,1H3/t20-/m0/s1. The molecule has 2 aromatic carbocycles. The normalized spacial score (nSPS) is 12.5. The van der Waals surface area contributed by atoms with E-state index in [2.05, 4.69) is 11.6 Å². The third-order valence-corrected chi connectivity index (χ3v) is 6.45. The molecule has 0 unspecified atom stereocenters. The second-order valence-corrected chi connectivity index (χ2v) is 8.50. The summed E-state index contributed by atoms with van der Waals surface area (Å²) >= 11 is 1.50. The monoisotopic (exact) mass is 382 g/mol. The minimum atomic E-state index is -3.78.